The van der Waals surface area contributed by atoms with Gasteiger partial charge in [-0.1, -0.05) is 12.1 Å². The molecule has 2 heterocycles. The molecule has 3 rings (SSSR count). The third kappa shape index (κ3) is 2.44. The molecule has 1 saturated heterocycles. The predicted molar refractivity (Wildman–Crippen MR) is 72.0 cm³/mol. The molecule has 0 aliphatic carbocycles. The van der Waals surface area contributed by atoms with E-state index in [9.17, 15) is 4.79 Å². The number of carboxylic acid groups (broad SMARTS) is 1. The van der Waals surface area contributed by atoms with E-state index in [1.807, 2.05) is 29.2 Å². The average molecular weight is 278 g/mol. The van der Waals surface area contributed by atoms with Crippen molar-refractivity contribution < 1.29 is 19.4 Å². The summed E-state index contributed by atoms with van der Waals surface area (Å²) in [5, 5.41) is 9.12. The number of likely N-dealkylation sites (tertiary alicyclic amines) is 1. The molecule has 6 heteroatoms. The number of carboxylic acids is 1. The molecule has 1 aromatic rings. The van der Waals surface area contributed by atoms with E-state index in [2.05, 4.69) is 0 Å². The number of para-hydroxylation sites is 2. The second kappa shape index (κ2) is 4.96. The van der Waals surface area contributed by atoms with Crippen molar-refractivity contribution >= 4 is 5.97 Å². The first-order valence-corrected chi connectivity index (χ1v) is 6.70. The van der Waals surface area contributed by atoms with Gasteiger partial charge in [0.25, 0.3) is 0 Å². The quantitative estimate of drug-likeness (QED) is 0.828. The van der Waals surface area contributed by atoms with Crippen LogP contribution in [0.4, 0.5) is 0 Å². The van der Waals surface area contributed by atoms with Crippen LogP contribution in [0.1, 0.15) is 6.42 Å². The van der Waals surface area contributed by atoms with Gasteiger partial charge in [0.15, 0.2) is 11.5 Å². The zero-order chi connectivity index (χ0) is 14.2. The molecule has 2 aliphatic heterocycles. The molecule has 1 aromatic carbocycles. The van der Waals surface area contributed by atoms with E-state index >= 15 is 0 Å². The Labute approximate surface area is 117 Å². The largest absolute Gasteiger partial charge is 0.486 e. The summed E-state index contributed by atoms with van der Waals surface area (Å²) >= 11 is 0. The Morgan fingerprint density at radius 2 is 2.20 bits per heavy atom. The van der Waals surface area contributed by atoms with E-state index in [-0.39, 0.29) is 6.10 Å². The Hall–Kier alpha value is -1.79. The third-order valence-electron chi connectivity index (χ3n) is 3.84. The van der Waals surface area contributed by atoms with Gasteiger partial charge in [0.2, 0.25) is 0 Å². The summed E-state index contributed by atoms with van der Waals surface area (Å²) in [6, 6.07) is 7.54. The Bertz CT molecular complexity index is 522. The maximum atomic E-state index is 11.1. The lowest BCUT2D eigenvalue weighted by atomic mass is 10.0. The van der Waals surface area contributed by atoms with E-state index in [4.69, 9.17) is 20.3 Å². The maximum absolute atomic E-state index is 11.1. The van der Waals surface area contributed by atoms with E-state index in [1.165, 1.54) is 0 Å². The first-order valence-electron chi connectivity index (χ1n) is 6.70. The van der Waals surface area contributed by atoms with Gasteiger partial charge in [-0.3, -0.25) is 9.69 Å². The van der Waals surface area contributed by atoms with E-state index < -0.39 is 11.5 Å². The topological polar surface area (TPSA) is 85.0 Å². The van der Waals surface area contributed by atoms with Crippen LogP contribution in [0.2, 0.25) is 0 Å². The molecule has 1 fully saturated rings. The minimum absolute atomic E-state index is 0.0963. The lowest BCUT2D eigenvalue weighted by Crippen LogP contribution is -2.51. The van der Waals surface area contributed by atoms with Crippen LogP contribution in [0.15, 0.2) is 24.3 Å². The normalized spacial score (nSPS) is 29.4. The lowest BCUT2D eigenvalue weighted by molar-refractivity contribution is -0.142. The summed E-state index contributed by atoms with van der Waals surface area (Å²) in [6.07, 6.45) is 0.369. The SMILES string of the molecule is NC1(C(=O)O)CCN(CC2COc3ccccc3O2)C1. The second-order valence-corrected chi connectivity index (χ2v) is 5.44. The van der Waals surface area contributed by atoms with Crippen LogP contribution in [0.25, 0.3) is 0 Å². The molecular formula is C14H18N2O4. The fourth-order valence-electron chi connectivity index (χ4n) is 2.69. The number of rotatable bonds is 3. The number of ether oxygens (including phenoxy) is 2. The van der Waals surface area contributed by atoms with Crippen molar-refractivity contribution in [3.63, 3.8) is 0 Å². The molecule has 0 amide bonds. The van der Waals surface area contributed by atoms with Crippen LogP contribution in [-0.2, 0) is 4.79 Å². The number of hydrogen-bond acceptors (Lipinski definition) is 5. The number of carbonyl (C=O) groups is 1. The number of fused-ring (bicyclic) bond motifs is 1. The standard InChI is InChI=1S/C14H18N2O4/c15-14(13(17)18)5-6-16(9-14)7-10-8-19-11-3-1-2-4-12(11)20-10/h1-4,10H,5-9,15H2,(H,17,18). The summed E-state index contributed by atoms with van der Waals surface area (Å²) in [5.41, 5.74) is 4.73. The average Bonchev–Trinajstić information content (AvgIpc) is 2.81. The molecule has 0 radical (unpaired) electrons. The molecule has 0 aromatic heterocycles. The highest BCUT2D eigenvalue weighted by Gasteiger charge is 2.42. The summed E-state index contributed by atoms with van der Waals surface area (Å²) < 4.78 is 11.5. The highest BCUT2D eigenvalue weighted by atomic mass is 16.6. The number of nitrogens with zero attached hydrogens (tertiary/aromatic N) is 1. The molecule has 0 spiro atoms. The van der Waals surface area contributed by atoms with Crippen molar-refractivity contribution in [3.8, 4) is 11.5 Å². The van der Waals surface area contributed by atoms with Crippen molar-refractivity contribution in [1.29, 1.82) is 0 Å². The Morgan fingerprint density at radius 1 is 1.45 bits per heavy atom. The van der Waals surface area contributed by atoms with Crippen LogP contribution in [0, 0.1) is 0 Å². The molecule has 20 heavy (non-hydrogen) atoms. The first kappa shape index (κ1) is 13.2. The second-order valence-electron chi connectivity index (χ2n) is 5.44. The van der Waals surface area contributed by atoms with Crippen molar-refractivity contribution in [1.82, 2.24) is 4.90 Å². The predicted octanol–water partition coefficient (Wildman–Crippen LogP) is 0.314. The number of benzene rings is 1. The number of aliphatic carboxylic acids is 1. The summed E-state index contributed by atoms with van der Waals surface area (Å²) in [4.78, 5) is 13.1. The van der Waals surface area contributed by atoms with Crippen molar-refractivity contribution in [2.24, 2.45) is 5.73 Å². The molecule has 2 unspecified atom stereocenters. The molecule has 2 atom stereocenters. The molecule has 0 bridgehead atoms. The third-order valence-corrected chi connectivity index (χ3v) is 3.84. The minimum atomic E-state index is -1.13. The Morgan fingerprint density at radius 3 is 2.90 bits per heavy atom. The smallest absolute Gasteiger partial charge is 0.325 e. The van der Waals surface area contributed by atoms with Crippen LogP contribution in [0.5, 0.6) is 11.5 Å². The fraction of sp³-hybridized carbons (Fsp3) is 0.500. The van der Waals surface area contributed by atoms with E-state index in [0.717, 1.165) is 11.5 Å². The maximum Gasteiger partial charge on any atom is 0.325 e. The van der Waals surface area contributed by atoms with Gasteiger partial charge < -0.3 is 20.3 Å². The van der Waals surface area contributed by atoms with Crippen molar-refractivity contribution in [2.75, 3.05) is 26.2 Å². The molecule has 6 nitrogen and oxygen atoms in total. The van der Waals surface area contributed by atoms with Crippen molar-refractivity contribution in [2.45, 2.75) is 18.1 Å². The van der Waals surface area contributed by atoms with Gasteiger partial charge >= 0.3 is 5.97 Å². The van der Waals surface area contributed by atoms with Crippen LogP contribution in [-0.4, -0.2) is 53.9 Å². The lowest BCUT2D eigenvalue weighted by Gasteiger charge is -2.29. The van der Waals surface area contributed by atoms with Gasteiger partial charge in [0, 0.05) is 19.6 Å². The van der Waals surface area contributed by atoms with Crippen LogP contribution >= 0.6 is 0 Å². The van der Waals surface area contributed by atoms with Gasteiger partial charge in [0.1, 0.15) is 18.2 Å². The zero-order valence-corrected chi connectivity index (χ0v) is 11.1. The van der Waals surface area contributed by atoms with E-state index in [1.54, 1.807) is 0 Å². The molecule has 3 N–H and O–H groups in total. The Kier molecular flexibility index (Phi) is 3.27. The van der Waals surface area contributed by atoms with Crippen LogP contribution < -0.4 is 15.2 Å². The van der Waals surface area contributed by atoms with Gasteiger partial charge in [-0.05, 0) is 18.6 Å². The molecule has 2 aliphatic rings. The minimum Gasteiger partial charge on any atom is -0.486 e. The van der Waals surface area contributed by atoms with Gasteiger partial charge in [-0.25, -0.2) is 0 Å². The molecular weight excluding hydrogens is 260 g/mol. The fourth-order valence-corrected chi connectivity index (χ4v) is 2.69. The summed E-state index contributed by atoms with van der Waals surface area (Å²) in [7, 11) is 0. The number of hydrogen-bond donors (Lipinski definition) is 2. The van der Waals surface area contributed by atoms with Gasteiger partial charge in [-0.15, -0.1) is 0 Å². The molecule has 0 saturated carbocycles. The van der Waals surface area contributed by atoms with Gasteiger partial charge in [-0.2, -0.15) is 0 Å². The zero-order valence-electron chi connectivity index (χ0n) is 11.1. The van der Waals surface area contributed by atoms with Crippen LogP contribution in [0.3, 0.4) is 0 Å². The number of nitrogens with two attached hydrogens (primary N) is 1. The Balaban J connectivity index is 1.60. The monoisotopic (exact) mass is 278 g/mol. The van der Waals surface area contributed by atoms with E-state index in [0.29, 0.717) is 32.7 Å². The molecule has 108 valence electrons. The summed E-state index contributed by atoms with van der Waals surface area (Å²) in [6.45, 7) is 2.12. The van der Waals surface area contributed by atoms with Gasteiger partial charge in [0.05, 0.1) is 0 Å². The highest BCUT2D eigenvalue weighted by molar-refractivity contribution is 5.79. The first-order chi connectivity index (χ1) is 9.57. The highest BCUT2D eigenvalue weighted by Crippen LogP contribution is 2.31. The summed E-state index contributed by atoms with van der Waals surface area (Å²) in [5.74, 6) is 0.551. The van der Waals surface area contributed by atoms with Crippen molar-refractivity contribution in [3.05, 3.63) is 24.3 Å².